The number of benzene rings is 2. The number of halogens is 3. The van der Waals surface area contributed by atoms with E-state index in [1.165, 1.54) is 31.0 Å². The van der Waals surface area contributed by atoms with Gasteiger partial charge in [-0.3, -0.25) is 4.79 Å². The molecule has 0 bridgehead atoms. The van der Waals surface area contributed by atoms with E-state index in [0.717, 1.165) is 31.4 Å². The summed E-state index contributed by atoms with van der Waals surface area (Å²) >= 11 is 0. The second-order valence-corrected chi connectivity index (χ2v) is 10.9. The Labute approximate surface area is 293 Å². The lowest BCUT2D eigenvalue weighted by atomic mass is 10.1. The molecule has 0 saturated heterocycles. The summed E-state index contributed by atoms with van der Waals surface area (Å²) in [6.45, 7) is 6.90. The normalized spacial score (nSPS) is 11.4. The van der Waals surface area contributed by atoms with Gasteiger partial charge < -0.3 is 43.2 Å². The maximum absolute atomic E-state index is 13.0. The van der Waals surface area contributed by atoms with Crippen LogP contribution in [0.1, 0.15) is 61.4 Å². The van der Waals surface area contributed by atoms with Crippen LogP contribution in [0.3, 0.4) is 0 Å². The van der Waals surface area contributed by atoms with E-state index in [1.807, 2.05) is 0 Å². The van der Waals surface area contributed by atoms with Gasteiger partial charge in [-0.1, -0.05) is 50.8 Å². The van der Waals surface area contributed by atoms with Crippen molar-refractivity contribution in [2.75, 3.05) is 97.8 Å². The second-order valence-electron chi connectivity index (χ2n) is 10.9. The molecule has 0 amide bonds. The largest absolute Gasteiger partial charge is 0.463 e. The van der Waals surface area contributed by atoms with Gasteiger partial charge in [0.2, 0.25) is 0 Å². The van der Waals surface area contributed by atoms with Crippen LogP contribution in [0.5, 0.6) is 0 Å². The molecule has 50 heavy (non-hydrogen) atoms. The highest BCUT2D eigenvalue weighted by molar-refractivity contribution is 5.96. The van der Waals surface area contributed by atoms with Gasteiger partial charge in [0.1, 0.15) is 13.2 Å². The van der Waals surface area contributed by atoms with E-state index in [1.54, 1.807) is 18.2 Å². The molecule has 0 unspecified atom stereocenters. The minimum atomic E-state index is -4.48. The van der Waals surface area contributed by atoms with Crippen molar-refractivity contribution in [1.29, 1.82) is 0 Å². The first kappa shape index (κ1) is 42.9. The molecule has 0 atom stereocenters. The van der Waals surface area contributed by atoms with Crippen LogP contribution in [0.2, 0.25) is 0 Å². The molecule has 14 heteroatoms. The van der Waals surface area contributed by atoms with Crippen molar-refractivity contribution < 1.29 is 60.7 Å². The van der Waals surface area contributed by atoms with Gasteiger partial charge in [0.25, 0.3) is 0 Å². The highest BCUT2D eigenvalue weighted by atomic mass is 19.4. The standard InChI is InChI=1S/C36H52F3NO10/c1-2-3-4-5-6-14-34(41)49-27-25-47-23-21-45-19-17-43-15-16-44-18-20-46-22-24-48-26-28-50-35(42)32-12-7-8-13-33(32)40-31-11-9-10-30(29-31)36(37,38)39/h7-13,29,40H,2-6,14-28H2,1H3. The highest BCUT2D eigenvalue weighted by Gasteiger charge is 2.30. The number of para-hydroxylation sites is 1. The first-order chi connectivity index (χ1) is 24.3. The average molecular weight is 716 g/mol. The number of rotatable bonds is 30. The lowest BCUT2D eigenvalue weighted by molar-refractivity contribution is -0.145. The zero-order valence-corrected chi connectivity index (χ0v) is 29.0. The van der Waals surface area contributed by atoms with Crippen LogP contribution in [0, 0.1) is 0 Å². The van der Waals surface area contributed by atoms with Crippen LogP contribution >= 0.6 is 0 Å². The molecule has 0 aliphatic heterocycles. The molecule has 2 aromatic carbocycles. The number of alkyl halides is 3. The van der Waals surface area contributed by atoms with E-state index in [2.05, 4.69) is 12.2 Å². The number of hydrogen-bond acceptors (Lipinski definition) is 11. The maximum Gasteiger partial charge on any atom is 0.416 e. The average Bonchev–Trinajstić information content (AvgIpc) is 3.10. The summed E-state index contributed by atoms with van der Waals surface area (Å²) in [5.74, 6) is -0.801. The molecule has 0 saturated carbocycles. The molecule has 0 radical (unpaired) electrons. The molecule has 282 valence electrons. The number of hydrogen-bond donors (Lipinski definition) is 1. The number of esters is 2. The zero-order valence-electron chi connectivity index (χ0n) is 29.0. The summed E-state index contributed by atoms with van der Waals surface area (Å²) in [7, 11) is 0. The predicted molar refractivity (Wildman–Crippen MR) is 181 cm³/mol. The number of nitrogens with one attached hydrogen (secondary N) is 1. The number of carbonyl (C=O) groups is 2. The fourth-order valence-corrected chi connectivity index (χ4v) is 4.33. The number of carbonyl (C=O) groups excluding carboxylic acids is 2. The monoisotopic (exact) mass is 715 g/mol. The van der Waals surface area contributed by atoms with E-state index >= 15 is 0 Å². The highest BCUT2D eigenvalue weighted by Crippen LogP contribution is 2.32. The Morgan fingerprint density at radius 2 is 1.10 bits per heavy atom. The minimum absolute atomic E-state index is 0.00332. The zero-order chi connectivity index (χ0) is 36.1. The lowest BCUT2D eigenvalue weighted by Crippen LogP contribution is -2.16. The first-order valence-corrected chi connectivity index (χ1v) is 17.1. The summed E-state index contributed by atoms with van der Waals surface area (Å²) < 4.78 is 82.1. The summed E-state index contributed by atoms with van der Waals surface area (Å²) in [5.41, 5.74) is -0.0951. The number of unbranched alkanes of at least 4 members (excludes halogenated alkanes) is 4. The third kappa shape index (κ3) is 21.1. The molecule has 0 fully saturated rings. The van der Waals surface area contributed by atoms with Crippen LogP contribution in [0.4, 0.5) is 24.5 Å². The van der Waals surface area contributed by atoms with Crippen molar-refractivity contribution in [3.63, 3.8) is 0 Å². The van der Waals surface area contributed by atoms with Crippen LogP contribution in [0.25, 0.3) is 0 Å². The summed E-state index contributed by atoms with van der Waals surface area (Å²) in [5, 5.41) is 2.85. The fourth-order valence-electron chi connectivity index (χ4n) is 4.33. The Morgan fingerprint density at radius 3 is 1.64 bits per heavy atom. The molecule has 2 aromatic rings. The van der Waals surface area contributed by atoms with Crippen LogP contribution < -0.4 is 5.32 Å². The fraction of sp³-hybridized carbons (Fsp3) is 0.611. The van der Waals surface area contributed by atoms with Crippen molar-refractivity contribution in [2.45, 2.75) is 51.6 Å². The minimum Gasteiger partial charge on any atom is -0.463 e. The molecular weight excluding hydrogens is 663 g/mol. The molecule has 0 aliphatic rings. The van der Waals surface area contributed by atoms with E-state index in [9.17, 15) is 22.8 Å². The van der Waals surface area contributed by atoms with Crippen molar-refractivity contribution >= 4 is 23.3 Å². The molecule has 11 nitrogen and oxygen atoms in total. The summed E-state index contributed by atoms with van der Waals surface area (Å²) in [6, 6.07) is 11.1. The Balaban J connectivity index is 1.35. The predicted octanol–water partition coefficient (Wildman–Crippen LogP) is 6.61. The third-order valence-corrected chi connectivity index (χ3v) is 6.91. The number of anilines is 2. The molecule has 1 N–H and O–H groups in total. The van der Waals surface area contributed by atoms with Crippen molar-refractivity contribution in [3.05, 3.63) is 59.7 Å². The third-order valence-electron chi connectivity index (χ3n) is 6.91. The Morgan fingerprint density at radius 1 is 0.600 bits per heavy atom. The Bertz CT molecular complexity index is 1180. The van der Waals surface area contributed by atoms with Gasteiger partial charge in [0.15, 0.2) is 0 Å². The smallest absolute Gasteiger partial charge is 0.416 e. The summed E-state index contributed by atoms with van der Waals surface area (Å²) in [6.07, 6.45) is 1.48. The van der Waals surface area contributed by atoms with Gasteiger partial charge in [-0.05, 0) is 36.8 Å². The molecule has 0 aromatic heterocycles. The van der Waals surface area contributed by atoms with Crippen molar-refractivity contribution in [1.82, 2.24) is 0 Å². The molecule has 2 rings (SSSR count). The van der Waals surface area contributed by atoms with Gasteiger partial charge in [0, 0.05) is 12.1 Å². The second kappa shape index (κ2) is 27.5. The topological polar surface area (TPSA) is 120 Å². The van der Waals surface area contributed by atoms with Gasteiger partial charge in [-0.25, -0.2) is 4.79 Å². The van der Waals surface area contributed by atoms with Crippen LogP contribution in [0.15, 0.2) is 48.5 Å². The van der Waals surface area contributed by atoms with E-state index in [-0.39, 0.29) is 37.0 Å². The van der Waals surface area contributed by atoms with E-state index in [4.69, 9.17) is 37.9 Å². The van der Waals surface area contributed by atoms with E-state index < -0.39 is 17.7 Å². The molecule has 0 spiro atoms. The van der Waals surface area contributed by atoms with E-state index in [0.29, 0.717) is 84.8 Å². The first-order valence-electron chi connectivity index (χ1n) is 17.1. The molecule has 0 heterocycles. The molecular formula is C36H52F3NO10. The van der Waals surface area contributed by atoms with Crippen molar-refractivity contribution in [2.24, 2.45) is 0 Å². The van der Waals surface area contributed by atoms with Gasteiger partial charge in [-0.15, -0.1) is 0 Å². The van der Waals surface area contributed by atoms with Gasteiger partial charge in [0.05, 0.1) is 96.1 Å². The molecule has 0 aliphatic carbocycles. The maximum atomic E-state index is 13.0. The quantitative estimate of drug-likeness (QED) is 0.0695. The lowest BCUT2D eigenvalue weighted by Gasteiger charge is -2.13. The van der Waals surface area contributed by atoms with Gasteiger partial charge >= 0.3 is 18.1 Å². The Hall–Kier alpha value is -3.27. The summed E-state index contributed by atoms with van der Waals surface area (Å²) in [4.78, 5) is 24.2. The van der Waals surface area contributed by atoms with Crippen molar-refractivity contribution in [3.8, 4) is 0 Å². The van der Waals surface area contributed by atoms with Crippen LogP contribution in [-0.4, -0.2) is 104 Å². The number of ether oxygens (including phenoxy) is 8. The Kier molecular flexibility index (Phi) is 23.6. The van der Waals surface area contributed by atoms with Crippen LogP contribution in [-0.2, 0) is 48.9 Å². The van der Waals surface area contributed by atoms with Gasteiger partial charge in [-0.2, -0.15) is 13.2 Å². The SMILES string of the molecule is CCCCCCCC(=O)OCCOCCOCCOCCOCCOCCOCCOC(=O)c1ccccc1Nc1cccc(C(F)(F)F)c1.